The van der Waals surface area contributed by atoms with Crippen molar-refractivity contribution in [2.45, 2.75) is 32.7 Å². The van der Waals surface area contributed by atoms with Crippen LogP contribution in [0.5, 0.6) is 0 Å². The minimum Gasteiger partial charge on any atom is -0.337 e. The van der Waals surface area contributed by atoms with E-state index in [4.69, 9.17) is 0 Å². The van der Waals surface area contributed by atoms with Gasteiger partial charge in [0.05, 0.1) is 0 Å². The van der Waals surface area contributed by atoms with Crippen LogP contribution in [-0.4, -0.2) is 36.3 Å². The van der Waals surface area contributed by atoms with Crippen LogP contribution in [0.4, 0.5) is 16.2 Å². The minimum atomic E-state index is -0.229. The maximum atomic E-state index is 12.3. The summed E-state index contributed by atoms with van der Waals surface area (Å²) in [6.45, 7) is 2.63. The third-order valence-electron chi connectivity index (χ3n) is 4.96. The largest absolute Gasteiger partial charge is 0.337 e. The first-order chi connectivity index (χ1) is 14.4. The molecule has 7 heteroatoms. The molecule has 0 radical (unpaired) electrons. The quantitative estimate of drug-likeness (QED) is 0.624. The third kappa shape index (κ3) is 6.34. The molecule has 2 aromatic rings. The second-order valence-corrected chi connectivity index (χ2v) is 7.66. The van der Waals surface area contributed by atoms with Crippen molar-refractivity contribution in [3.63, 3.8) is 0 Å². The van der Waals surface area contributed by atoms with Crippen molar-refractivity contribution in [2.75, 3.05) is 24.2 Å². The van der Waals surface area contributed by atoms with Gasteiger partial charge in [-0.3, -0.25) is 9.59 Å². The predicted molar refractivity (Wildman–Crippen MR) is 117 cm³/mol. The molecule has 4 amide bonds. The highest BCUT2D eigenvalue weighted by atomic mass is 16.2. The zero-order chi connectivity index (χ0) is 21.5. The van der Waals surface area contributed by atoms with E-state index in [1.807, 2.05) is 49.4 Å². The zero-order valence-electron chi connectivity index (χ0n) is 17.4. The van der Waals surface area contributed by atoms with Gasteiger partial charge in [-0.15, -0.1) is 0 Å². The Labute approximate surface area is 176 Å². The SMILES string of the molecule is Cc1ccc(NC(=O)C2CC2)cc1NC(=O)CCNC(=O)N(C)Cc1ccccc1. The minimum absolute atomic E-state index is 0.0264. The highest BCUT2D eigenvalue weighted by molar-refractivity contribution is 5.96. The van der Waals surface area contributed by atoms with Gasteiger partial charge in [0.25, 0.3) is 0 Å². The lowest BCUT2D eigenvalue weighted by atomic mass is 10.1. The van der Waals surface area contributed by atoms with Crippen molar-refractivity contribution in [2.24, 2.45) is 5.92 Å². The molecule has 0 unspecified atom stereocenters. The molecular formula is C23H28N4O3. The number of anilines is 2. The van der Waals surface area contributed by atoms with E-state index in [-0.39, 0.29) is 36.7 Å². The van der Waals surface area contributed by atoms with Gasteiger partial charge >= 0.3 is 6.03 Å². The van der Waals surface area contributed by atoms with E-state index in [9.17, 15) is 14.4 Å². The Morgan fingerprint density at radius 3 is 2.47 bits per heavy atom. The van der Waals surface area contributed by atoms with Crippen molar-refractivity contribution in [3.05, 3.63) is 59.7 Å². The van der Waals surface area contributed by atoms with E-state index in [1.165, 1.54) is 0 Å². The standard InChI is InChI=1S/C23H28N4O3/c1-16-8-11-19(25-22(29)18-9-10-18)14-20(16)26-21(28)12-13-24-23(30)27(2)15-17-6-4-3-5-7-17/h3-8,11,14,18H,9-10,12-13,15H2,1-2H3,(H,24,30)(H,25,29)(H,26,28). The Hall–Kier alpha value is -3.35. The van der Waals surface area contributed by atoms with Crippen LogP contribution in [0.2, 0.25) is 0 Å². The van der Waals surface area contributed by atoms with Crippen LogP contribution in [0.1, 0.15) is 30.4 Å². The summed E-state index contributed by atoms with van der Waals surface area (Å²) in [4.78, 5) is 38.0. The number of benzene rings is 2. The van der Waals surface area contributed by atoms with E-state index in [0.29, 0.717) is 17.9 Å². The average molecular weight is 409 g/mol. The normalized spacial score (nSPS) is 12.7. The molecule has 1 aliphatic rings. The number of nitrogens with zero attached hydrogens (tertiary/aromatic N) is 1. The van der Waals surface area contributed by atoms with Gasteiger partial charge in [-0.25, -0.2) is 4.79 Å². The molecule has 3 N–H and O–H groups in total. The highest BCUT2D eigenvalue weighted by Crippen LogP contribution is 2.30. The fraction of sp³-hybridized carbons (Fsp3) is 0.348. The molecule has 1 saturated carbocycles. The second-order valence-electron chi connectivity index (χ2n) is 7.66. The maximum Gasteiger partial charge on any atom is 0.317 e. The lowest BCUT2D eigenvalue weighted by Gasteiger charge is -2.18. The number of carbonyl (C=O) groups is 3. The number of hydrogen-bond acceptors (Lipinski definition) is 3. The molecule has 158 valence electrons. The Morgan fingerprint density at radius 2 is 1.77 bits per heavy atom. The fourth-order valence-electron chi connectivity index (χ4n) is 2.98. The number of urea groups is 1. The molecule has 0 bridgehead atoms. The molecule has 3 rings (SSSR count). The summed E-state index contributed by atoms with van der Waals surface area (Å²) < 4.78 is 0. The smallest absolute Gasteiger partial charge is 0.317 e. The summed E-state index contributed by atoms with van der Waals surface area (Å²) in [7, 11) is 1.72. The third-order valence-corrected chi connectivity index (χ3v) is 4.96. The number of aryl methyl sites for hydroxylation is 1. The van der Waals surface area contributed by atoms with Crippen LogP contribution in [-0.2, 0) is 16.1 Å². The van der Waals surface area contributed by atoms with Gasteiger partial charge in [0.2, 0.25) is 11.8 Å². The van der Waals surface area contributed by atoms with Crippen LogP contribution in [0.3, 0.4) is 0 Å². The van der Waals surface area contributed by atoms with E-state index < -0.39 is 0 Å². The van der Waals surface area contributed by atoms with Crippen molar-refractivity contribution in [3.8, 4) is 0 Å². The van der Waals surface area contributed by atoms with Gasteiger partial charge in [0, 0.05) is 43.9 Å². The Kier molecular flexibility index (Phi) is 7.06. The van der Waals surface area contributed by atoms with E-state index >= 15 is 0 Å². The number of hydrogen-bond donors (Lipinski definition) is 3. The first-order valence-electron chi connectivity index (χ1n) is 10.2. The van der Waals surface area contributed by atoms with Crippen LogP contribution < -0.4 is 16.0 Å². The Morgan fingerprint density at radius 1 is 1.03 bits per heavy atom. The zero-order valence-corrected chi connectivity index (χ0v) is 17.4. The van der Waals surface area contributed by atoms with Crippen LogP contribution in [0, 0.1) is 12.8 Å². The van der Waals surface area contributed by atoms with E-state index in [1.54, 1.807) is 18.0 Å². The molecule has 0 atom stereocenters. The molecule has 0 aliphatic heterocycles. The van der Waals surface area contributed by atoms with Gasteiger partial charge in [-0.2, -0.15) is 0 Å². The van der Waals surface area contributed by atoms with Gasteiger partial charge in [-0.1, -0.05) is 36.4 Å². The highest BCUT2D eigenvalue weighted by Gasteiger charge is 2.29. The van der Waals surface area contributed by atoms with Gasteiger partial charge in [0.15, 0.2) is 0 Å². The van der Waals surface area contributed by atoms with E-state index in [0.717, 1.165) is 24.0 Å². The molecule has 0 saturated heterocycles. The lowest BCUT2D eigenvalue weighted by Crippen LogP contribution is -2.38. The number of rotatable bonds is 8. The van der Waals surface area contributed by atoms with Crippen molar-refractivity contribution in [1.82, 2.24) is 10.2 Å². The van der Waals surface area contributed by atoms with Crippen molar-refractivity contribution < 1.29 is 14.4 Å². The van der Waals surface area contributed by atoms with E-state index in [2.05, 4.69) is 16.0 Å². The first kappa shape index (κ1) is 21.4. The maximum absolute atomic E-state index is 12.3. The van der Waals surface area contributed by atoms with Crippen LogP contribution >= 0.6 is 0 Å². The Balaban J connectivity index is 1.43. The topological polar surface area (TPSA) is 90.5 Å². The van der Waals surface area contributed by atoms with Gasteiger partial charge in [0.1, 0.15) is 0 Å². The van der Waals surface area contributed by atoms with Crippen molar-refractivity contribution in [1.29, 1.82) is 0 Å². The number of nitrogens with one attached hydrogen (secondary N) is 3. The fourth-order valence-corrected chi connectivity index (χ4v) is 2.98. The summed E-state index contributed by atoms with van der Waals surface area (Å²) >= 11 is 0. The van der Waals surface area contributed by atoms with Gasteiger partial charge < -0.3 is 20.9 Å². The molecule has 30 heavy (non-hydrogen) atoms. The molecule has 0 aromatic heterocycles. The predicted octanol–water partition coefficient (Wildman–Crippen LogP) is 3.51. The monoisotopic (exact) mass is 408 g/mol. The molecule has 7 nitrogen and oxygen atoms in total. The van der Waals surface area contributed by atoms with Crippen LogP contribution in [0.25, 0.3) is 0 Å². The summed E-state index contributed by atoms with van der Waals surface area (Å²) in [5, 5.41) is 8.50. The summed E-state index contributed by atoms with van der Waals surface area (Å²) in [5.74, 6) is -0.0544. The summed E-state index contributed by atoms with van der Waals surface area (Å²) in [6, 6.07) is 14.9. The molecule has 1 fully saturated rings. The molecule has 1 aliphatic carbocycles. The first-order valence-corrected chi connectivity index (χ1v) is 10.2. The van der Waals surface area contributed by atoms with Gasteiger partial charge in [-0.05, 0) is 43.0 Å². The number of amides is 4. The molecule has 2 aromatic carbocycles. The summed E-state index contributed by atoms with van der Waals surface area (Å²) in [5.41, 5.74) is 3.26. The van der Waals surface area contributed by atoms with Crippen molar-refractivity contribution >= 4 is 29.2 Å². The average Bonchev–Trinajstić information content (AvgIpc) is 3.56. The second kappa shape index (κ2) is 9.91. The molecule has 0 heterocycles. The van der Waals surface area contributed by atoms with Crippen LogP contribution in [0.15, 0.2) is 48.5 Å². The Bertz CT molecular complexity index is 910. The summed E-state index contributed by atoms with van der Waals surface area (Å²) in [6.07, 6.45) is 2.03. The molecular weight excluding hydrogens is 380 g/mol. The molecule has 0 spiro atoms. The number of carbonyl (C=O) groups excluding carboxylic acids is 3. The lowest BCUT2D eigenvalue weighted by molar-refractivity contribution is -0.117.